The molecule has 0 saturated heterocycles. The standard InChI is InChI=1S/C17H9F4N/c18-10-3-5-12(15(20)8-10)13-2-1-7-22-17(13)14-6-4-11(19)9-16(14)21/h1-9H. The zero-order chi connectivity index (χ0) is 15.7. The van der Waals surface area contributed by atoms with Crippen LogP contribution in [0, 0.1) is 23.3 Å². The second-order valence-corrected chi connectivity index (χ2v) is 4.65. The van der Waals surface area contributed by atoms with Gasteiger partial charge in [-0.25, -0.2) is 17.6 Å². The van der Waals surface area contributed by atoms with E-state index in [9.17, 15) is 17.6 Å². The van der Waals surface area contributed by atoms with Crippen LogP contribution in [0.3, 0.4) is 0 Å². The fourth-order valence-corrected chi connectivity index (χ4v) is 2.23. The molecule has 0 aliphatic rings. The van der Waals surface area contributed by atoms with E-state index in [4.69, 9.17) is 0 Å². The number of benzene rings is 2. The third-order valence-corrected chi connectivity index (χ3v) is 3.22. The molecule has 0 aliphatic heterocycles. The van der Waals surface area contributed by atoms with Gasteiger partial charge >= 0.3 is 0 Å². The van der Waals surface area contributed by atoms with Gasteiger partial charge in [-0.1, -0.05) is 6.07 Å². The van der Waals surface area contributed by atoms with Crippen LogP contribution in [0.2, 0.25) is 0 Å². The second kappa shape index (κ2) is 5.60. The molecule has 0 atom stereocenters. The maximum absolute atomic E-state index is 14.0. The van der Waals surface area contributed by atoms with E-state index in [0.29, 0.717) is 5.56 Å². The van der Waals surface area contributed by atoms with Gasteiger partial charge in [0.1, 0.15) is 23.3 Å². The van der Waals surface area contributed by atoms with Crippen molar-refractivity contribution in [2.45, 2.75) is 0 Å². The predicted molar refractivity (Wildman–Crippen MR) is 74.9 cm³/mol. The fourth-order valence-electron chi connectivity index (χ4n) is 2.23. The topological polar surface area (TPSA) is 12.9 Å². The molecule has 22 heavy (non-hydrogen) atoms. The van der Waals surface area contributed by atoms with Crippen LogP contribution in [0.5, 0.6) is 0 Å². The van der Waals surface area contributed by atoms with Crippen molar-refractivity contribution < 1.29 is 17.6 Å². The number of halogens is 4. The first-order chi connectivity index (χ1) is 10.6. The highest BCUT2D eigenvalue weighted by Gasteiger charge is 2.16. The highest BCUT2D eigenvalue weighted by atomic mass is 19.1. The second-order valence-electron chi connectivity index (χ2n) is 4.65. The van der Waals surface area contributed by atoms with Crippen molar-refractivity contribution in [1.82, 2.24) is 4.98 Å². The lowest BCUT2D eigenvalue weighted by molar-refractivity contribution is 0.583. The van der Waals surface area contributed by atoms with Crippen molar-refractivity contribution >= 4 is 0 Å². The molecule has 0 N–H and O–H groups in total. The van der Waals surface area contributed by atoms with Crippen LogP contribution in [-0.4, -0.2) is 4.98 Å². The predicted octanol–water partition coefficient (Wildman–Crippen LogP) is 4.97. The minimum absolute atomic E-state index is 0.0423. The summed E-state index contributed by atoms with van der Waals surface area (Å²) in [6.07, 6.45) is 1.42. The molecule has 110 valence electrons. The summed E-state index contributed by atoms with van der Waals surface area (Å²) in [7, 11) is 0. The van der Waals surface area contributed by atoms with E-state index in [-0.39, 0.29) is 16.8 Å². The molecule has 5 heteroatoms. The summed E-state index contributed by atoms with van der Waals surface area (Å²) in [5.41, 5.74) is 0.588. The van der Waals surface area contributed by atoms with Crippen molar-refractivity contribution in [2.75, 3.05) is 0 Å². The molecule has 0 aliphatic carbocycles. The summed E-state index contributed by atoms with van der Waals surface area (Å²) in [4.78, 5) is 4.06. The van der Waals surface area contributed by atoms with E-state index in [1.807, 2.05) is 0 Å². The molecule has 0 spiro atoms. The average molecular weight is 303 g/mol. The fraction of sp³-hybridized carbons (Fsp3) is 0. The maximum atomic E-state index is 14.0. The van der Waals surface area contributed by atoms with Crippen molar-refractivity contribution in [2.24, 2.45) is 0 Å². The maximum Gasteiger partial charge on any atom is 0.135 e. The van der Waals surface area contributed by atoms with Gasteiger partial charge in [0.2, 0.25) is 0 Å². The molecule has 1 heterocycles. The van der Waals surface area contributed by atoms with E-state index >= 15 is 0 Å². The first-order valence-electron chi connectivity index (χ1n) is 6.42. The normalized spacial score (nSPS) is 10.7. The summed E-state index contributed by atoms with van der Waals surface area (Å²) in [5, 5.41) is 0. The summed E-state index contributed by atoms with van der Waals surface area (Å²) in [6, 6.07) is 9.27. The smallest absolute Gasteiger partial charge is 0.135 e. The van der Waals surface area contributed by atoms with Crippen LogP contribution < -0.4 is 0 Å². The van der Waals surface area contributed by atoms with Crippen LogP contribution in [0.1, 0.15) is 0 Å². The largest absolute Gasteiger partial charge is 0.255 e. The van der Waals surface area contributed by atoms with Gasteiger partial charge in [-0.15, -0.1) is 0 Å². The van der Waals surface area contributed by atoms with Crippen LogP contribution in [-0.2, 0) is 0 Å². The molecule has 0 bridgehead atoms. The molecule has 2 aromatic carbocycles. The van der Waals surface area contributed by atoms with Crippen LogP contribution in [0.4, 0.5) is 17.6 Å². The van der Waals surface area contributed by atoms with Gasteiger partial charge in [0.25, 0.3) is 0 Å². The van der Waals surface area contributed by atoms with E-state index in [0.717, 1.165) is 24.3 Å². The van der Waals surface area contributed by atoms with Crippen LogP contribution >= 0.6 is 0 Å². The molecule has 1 nitrogen and oxygen atoms in total. The lowest BCUT2D eigenvalue weighted by Gasteiger charge is -2.10. The Morgan fingerprint density at radius 1 is 0.636 bits per heavy atom. The van der Waals surface area contributed by atoms with E-state index in [2.05, 4.69) is 4.98 Å². The van der Waals surface area contributed by atoms with Crippen molar-refractivity contribution in [3.05, 3.63) is 78.0 Å². The highest BCUT2D eigenvalue weighted by molar-refractivity contribution is 5.81. The Kier molecular flexibility index (Phi) is 3.63. The van der Waals surface area contributed by atoms with Gasteiger partial charge in [-0.2, -0.15) is 0 Å². The summed E-state index contributed by atoms with van der Waals surface area (Å²) >= 11 is 0. The van der Waals surface area contributed by atoms with Crippen LogP contribution in [0.25, 0.3) is 22.4 Å². The number of hydrogen-bond acceptors (Lipinski definition) is 1. The molecule has 1 aromatic heterocycles. The zero-order valence-corrected chi connectivity index (χ0v) is 11.2. The van der Waals surface area contributed by atoms with Gasteiger partial charge < -0.3 is 0 Å². The first-order valence-corrected chi connectivity index (χ1v) is 6.42. The average Bonchev–Trinajstić information content (AvgIpc) is 2.48. The van der Waals surface area contributed by atoms with E-state index < -0.39 is 23.3 Å². The van der Waals surface area contributed by atoms with Gasteiger partial charge in [0.05, 0.1) is 5.69 Å². The Hall–Kier alpha value is -2.69. The van der Waals surface area contributed by atoms with Crippen LogP contribution in [0.15, 0.2) is 54.7 Å². The number of pyridine rings is 1. The monoisotopic (exact) mass is 303 g/mol. The molecule has 0 radical (unpaired) electrons. The van der Waals surface area contributed by atoms with E-state index in [1.54, 1.807) is 12.1 Å². The Morgan fingerprint density at radius 3 is 1.82 bits per heavy atom. The molecule has 0 amide bonds. The molecular weight excluding hydrogens is 294 g/mol. The first kappa shape index (κ1) is 14.3. The van der Waals surface area contributed by atoms with Crippen molar-refractivity contribution in [1.29, 1.82) is 0 Å². The Balaban J connectivity index is 2.22. The number of nitrogens with zero attached hydrogens (tertiary/aromatic N) is 1. The van der Waals surface area contributed by atoms with Crippen molar-refractivity contribution in [3.63, 3.8) is 0 Å². The molecule has 3 rings (SSSR count). The van der Waals surface area contributed by atoms with Gasteiger partial charge in [0, 0.05) is 35.0 Å². The summed E-state index contributed by atoms with van der Waals surface area (Å²) in [5.74, 6) is -3.01. The summed E-state index contributed by atoms with van der Waals surface area (Å²) in [6.45, 7) is 0. The summed E-state index contributed by atoms with van der Waals surface area (Å²) < 4.78 is 54.0. The molecule has 0 fully saturated rings. The van der Waals surface area contributed by atoms with Gasteiger partial charge in [0.15, 0.2) is 0 Å². The number of aromatic nitrogens is 1. The van der Waals surface area contributed by atoms with Gasteiger partial charge in [-0.05, 0) is 30.3 Å². The molecular formula is C17H9F4N. The lowest BCUT2D eigenvalue weighted by Crippen LogP contribution is -1.95. The SMILES string of the molecule is Fc1ccc(-c2cccnc2-c2ccc(F)cc2F)c(F)c1. The van der Waals surface area contributed by atoms with E-state index in [1.165, 1.54) is 18.3 Å². The van der Waals surface area contributed by atoms with Crippen molar-refractivity contribution in [3.8, 4) is 22.4 Å². The molecule has 0 saturated carbocycles. The third-order valence-electron chi connectivity index (χ3n) is 3.22. The lowest BCUT2D eigenvalue weighted by atomic mass is 9.98. The molecule has 3 aromatic rings. The Morgan fingerprint density at radius 2 is 1.23 bits per heavy atom. The number of hydrogen-bond donors (Lipinski definition) is 0. The number of rotatable bonds is 2. The Bertz CT molecular complexity index is 775. The minimum Gasteiger partial charge on any atom is -0.255 e. The quantitative estimate of drug-likeness (QED) is 0.609. The zero-order valence-electron chi connectivity index (χ0n) is 11.2. The Labute approximate surface area is 123 Å². The third kappa shape index (κ3) is 2.57. The highest BCUT2D eigenvalue weighted by Crippen LogP contribution is 2.33. The van der Waals surface area contributed by atoms with Gasteiger partial charge in [-0.3, -0.25) is 4.98 Å². The minimum atomic E-state index is -0.803. The molecule has 0 unspecified atom stereocenters.